The van der Waals surface area contributed by atoms with Crippen molar-refractivity contribution in [1.82, 2.24) is 19.9 Å². The Labute approximate surface area is 251 Å². The molecule has 0 aliphatic heterocycles. The lowest BCUT2D eigenvalue weighted by Gasteiger charge is -2.12. The third-order valence-corrected chi connectivity index (χ3v) is 8.07. The quantitative estimate of drug-likeness (QED) is 0.211. The van der Waals surface area contributed by atoms with Crippen LogP contribution in [0.25, 0.3) is 88.9 Å². The van der Waals surface area contributed by atoms with E-state index in [1.54, 1.807) is 6.20 Å². The van der Waals surface area contributed by atoms with Gasteiger partial charge in [0.2, 0.25) is 0 Å². The van der Waals surface area contributed by atoms with Crippen LogP contribution in [0.3, 0.4) is 0 Å². The minimum absolute atomic E-state index is 0.740. The van der Waals surface area contributed by atoms with E-state index in [1.165, 1.54) is 0 Å². The predicted octanol–water partition coefficient (Wildman–Crippen LogP) is 9.73. The summed E-state index contributed by atoms with van der Waals surface area (Å²) in [7, 11) is 0. The summed E-state index contributed by atoms with van der Waals surface area (Å²) in [6.45, 7) is 0. The largest absolute Gasteiger partial charge is 0.454 e. The minimum Gasteiger partial charge on any atom is -0.454 e. The van der Waals surface area contributed by atoms with Gasteiger partial charge in [0.1, 0.15) is 22.2 Å². The van der Waals surface area contributed by atoms with Crippen LogP contribution < -0.4 is 0 Å². The van der Waals surface area contributed by atoms with Crippen molar-refractivity contribution >= 4 is 44.1 Å². The fourth-order valence-corrected chi connectivity index (χ4v) is 6.00. The molecular formula is C38H22N4O2. The zero-order valence-electron chi connectivity index (χ0n) is 23.3. The van der Waals surface area contributed by atoms with E-state index in [0.29, 0.717) is 0 Å². The Morgan fingerprint density at radius 3 is 1.55 bits per heavy atom. The Morgan fingerprint density at radius 1 is 0.455 bits per heavy atom. The van der Waals surface area contributed by atoms with Crippen molar-refractivity contribution in [3.8, 4) is 44.8 Å². The monoisotopic (exact) mass is 566 g/mol. The maximum atomic E-state index is 6.40. The lowest BCUT2D eigenvalue weighted by Crippen LogP contribution is -1.92. The predicted molar refractivity (Wildman–Crippen MR) is 174 cm³/mol. The Hall–Kier alpha value is -6.14. The molecule has 0 unspecified atom stereocenters. The van der Waals surface area contributed by atoms with Gasteiger partial charge in [0.25, 0.3) is 0 Å². The number of aromatic nitrogens is 4. The van der Waals surface area contributed by atoms with E-state index in [-0.39, 0.29) is 0 Å². The molecule has 9 rings (SSSR count). The molecule has 6 heteroatoms. The first-order chi connectivity index (χ1) is 21.8. The zero-order valence-corrected chi connectivity index (χ0v) is 23.3. The first kappa shape index (κ1) is 24.5. The van der Waals surface area contributed by atoms with E-state index in [0.717, 1.165) is 88.9 Å². The van der Waals surface area contributed by atoms with E-state index in [9.17, 15) is 0 Å². The van der Waals surface area contributed by atoms with Crippen LogP contribution in [-0.4, -0.2) is 19.9 Å². The van der Waals surface area contributed by atoms with E-state index >= 15 is 0 Å². The molecule has 0 amide bonds. The van der Waals surface area contributed by atoms with Crippen LogP contribution in [0.5, 0.6) is 0 Å². The summed E-state index contributed by atoms with van der Waals surface area (Å²) >= 11 is 0. The van der Waals surface area contributed by atoms with E-state index in [1.807, 2.05) is 110 Å². The summed E-state index contributed by atoms with van der Waals surface area (Å²) in [6.07, 6.45) is 7.28. The van der Waals surface area contributed by atoms with Gasteiger partial charge in [-0.05, 0) is 65.7 Å². The van der Waals surface area contributed by atoms with Gasteiger partial charge in [0.05, 0.1) is 23.8 Å². The van der Waals surface area contributed by atoms with Gasteiger partial charge in [-0.2, -0.15) is 0 Å². The molecule has 5 heterocycles. The Bertz CT molecular complexity index is 2380. The van der Waals surface area contributed by atoms with Gasteiger partial charge in [-0.1, -0.05) is 54.6 Å². The molecule has 206 valence electrons. The number of furan rings is 2. The number of hydrogen-bond donors (Lipinski definition) is 0. The smallest absolute Gasteiger partial charge is 0.161 e. The van der Waals surface area contributed by atoms with Crippen LogP contribution in [-0.2, 0) is 0 Å². The number of nitrogens with zero attached hydrogens (tertiary/aromatic N) is 4. The number of pyridine rings is 2. The summed E-state index contributed by atoms with van der Waals surface area (Å²) in [5.74, 6) is 0. The fraction of sp³-hybridized carbons (Fsp3) is 0. The number of fused-ring (bicyclic) bond motifs is 6. The van der Waals surface area contributed by atoms with Crippen LogP contribution in [0.4, 0.5) is 0 Å². The Kier molecular flexibility index (Phi) is 5.40. The lowest BCUT2D eigenvalue weighted by molar-refractivity contribution is 0.669. The van der Waals surface area contributed by atoms with Gasteiger partial charge in [-0.15, -0.1) is 0 Å². The molecule has 0 saturated carbocycles. The summed E-state index contributed by atoms with van der Waals surface area (Å²) in [4.78, 5) is 19.0. The first-order valence-electron chi connectivity index (χ1n) is 14.4. The maximum absolute atomic E-state index is 6.40. The van der Waals surface area contributed by atoms with Crippen LogP contribution >= 0.6 is 0 Å². The third kappa shape index (κ3) is 3.89. The second-order valence-corrected chi connectivity index (χ2v) is 10.7. The molecule has 0 fully saturated rings. The zero-order chi connectivity index (χ0) is 29.0. The number of hydrogen-bond acceptors (Lipinski definition) is 6. The third-order valence-electron chi connectivity index (χ3n) is 8.07. The summed E-state index contributed by atoms with van der Waals surface area (Å²) in [5, 5.41) is 1.97. The maximum Gasteiger partial charge on any atom is 0.161 e. The van der Waals surface area contributed by atoms with Crippen molar-refractivity contribution in [2.45, 2.75) is 0 Å². The molecular weight excluding hydrogens is 544 g/mol. The van der Waals surface area contributed by atoms with E-state index in [2.05, 4.69) is 33.2 Å². The highest BCUT2D eigenvalue weighted by Crippen LogP contribution is 2.40. The molecule has 0 spiro atoms. The van der Waals surface area contributed by atoms with Crippen molar-refractivity contribution in [2.24, 2.45) is 0 Å². The molecule has 5 aromatic heterocycles. The van der Waals surface area contributed by atoms with Gasteiger partial charge in [0, 0.05) is 45.4 Å². The molecule has 0 aliphatic carbocycles. The summed E-state index contributed by atoms with van der Waals surface area (Å²) < 4.78 is 12.8. The van der Waals surface area contributed by atoms with Gasteiger partial charge in [0.15, 0.2) is 11.2 Å². The van der Waals surface area contributed by atoms with Crippen LogP contribution in [0.15, 0.2) is 143 Å². The number of rotatable bonds is 4. The fourth-order valence-electron chi connectivity index (χ4n) is 6.00. The van der Waals surface area contributed by atoms with Gasteiger partial charge < -0.3 is 8.83 Å². The van der Waals surface area contributed by atoms with Crippen LogP contribution in [0.2, 0.25) is 0 Å². The van der Waals surface area contributed by atoms with Crippen molar-refractivity contribution < 1.29 is 8.83 Å². The normalized spacial score (nSPS) is 11.6. The number of para-hydroxylation sites is 2. The first-order valence-corrected chi connectivity index (χ1v) is 14.4. The number of benzene rings is 4. The standard InChI is InChI=1S/C38H22N4O2/c1-2-8-23(9-3-1)31-21-39-22-32(42-31)26-19-24(27-14-16-40-35-29-10-4-6-12-33(29)43-37(27)35)18-25(20-26)28-15-17-41-36-30-11-5-7-13-34(30)44-38(28)36/h1-22H. The average molecular weight is 567 g/mol. The summed E-state index contributed by atoms with van der Waals surface area (Å²) in [5.41, 5.74) is 12.1. The van der Waals surface area contributed by atoms with Gasteiger partial charge in [-0.3, -0.25) is 15.0 Å². The van der Waals surface area contributed by atoms with Gasteiger partial charge in [-0.25, -0.2) is 4.98 Å². The molecule has 0 radical (unpaired) electrons. The van der Waals surface area contributed by atoms with Crippen LogP contribution in [0.1, 0.15) is 0 Å². The molecule has 0 saturated heterocycles. The minimum atomic E-state index is 0.740. The molecule has 44 heavy (non-hydrogen) atoms. The lowest BCUT2D eigenvalue weighted by atomic mass is 9.94. The molecule has 0 atom stereocenters. The highest BCUT2D eigenvalue weighted by atomic mass is 16.3. The average Bonchev–Trinajstić information content (AvgIpc) is 3.67. The van der Waals surface area contributed by atoms with E-state index < -0.39 is 0 Å². The molecule has 6 nitrogen and oxygen atoms in total. The van der Waals surface area contributed by atoms with Crippen molar-refractivity contribution in [3.63, 3.8) is 0 Å². The topological polar surface area (TPSA) is 77.8 Å². The van der Waals surface area contributed by atoms with Crippen LogP contribution in [0, 0.1) is 0 Å². The van der Waals surface area contributed by atoms with Gasteiger partial charge >= 0.3 is 0 Å². The molecule has 4 aromatic carbocycles. The molecule has 9 aromatic rings. The van der Waals surface area contributed by atoms with Crippen molar-refractivity contribution in [2.75, 3.05) is 0 Å². The highest BCUT2D eigenvalue weighted by Gasteiger charge is 2.18. The second kappa shape index (κ2) is 9.71. The van der Waals surface area contributed by atoms with E-state index in [4.69, 9.17) is 13.8 Å². The molecule has 0 N–H and O–H groups in total. The molecule has 0 bridgehead atoms. The summed E-state index contributed by atoms with van der Waals surface area (Å²) in [6, 6.07) is 36.5. The second-order valence-electron chi connectivity index (χ2n) is 10.7. The SMILES string of the molecule is c1ccc(-c2cncc(-c3cc(-c4ccnc5c4oc4ccccc45)cc(-c4ccnc5c4oc4ccccc45)c3)n2)cc1. The molecule has 0 aliphatic rings. The van der Waals surface area contributed by atoms with Crippen molar-refractivity contribution in [3.05, 3.63) is 134 Å². The Morgan fingerprint density at radius 2 is 0.955 bits per heavy atom. The highest BCUT2D eigenvalue weighted by molar-refractivity contribution is 6.09. The Balaban J connectivity index is 1.31. The van der Waals surface area contributed by atoms with Crippen molar-refractivity contribution in [1.29, 1.82) is 0 Å².